The van der Waals surface area contributed by atoms with Gasteiger partial charge in [0.15, 0.2) is 5.82 Å². The van der Waals surface area contributed by atoms with Crippen LogP contribution in [0.1, 0.15) is 12.5 Å². The van der Waals surface area contributed by atoms with Gasteiger partial charge in [-0.25, -0.2) is 9.97 Å². The van der Waals surface area contributed by atoms with Gasteiger partial charge in [0.2, 0.25) is 11.6 Å². The second-order valence-corrected chi connectivity index (χ2v) is 5.81. The second-order valence-electron chi connectivity index (χ2n) is 5.81. The molecule has 30 heavy (non-hydrogen) atoms. The molecule has 0 unspecified atom stereocenters. The number of aromatic hydroxyl groups is 1. The van der Waals surface area contributed by atoms with Crippen LogP contribution in [-0.4, -0.2) is 41.2 Å². The highest BCUT2D eigenvalue weighted by atomic mass is 16.5. The number of benzene rings is 1. The highest BCUT2D eigenvalue weighted by Gasteiger charge is 2.21. The van der Waals surface area contributed by atoms with Crippen LogP contribution in [-0.2, 0) is 0 Å². The number of aromatic nitrogens is 6. The second kappa shape index (κ2) is 8.19. The number of hydrogen-bond acceptors (Lipinski definition) is 9. The molecule has 0 saturated heterocycles. The van der Waals surface area contributed by atoms with E-state index in [1.165, 1.54) is 15.6 Å². The smallest absolute Gasteiger partial charge is 0.265 e. The van der Waals surface area contributed by atoms with Gasteiger partial charge in [-0.05, 0) is 25.1 Å². The molecule has 4 aromatic rings. The predicted octanol–water partition coefficient (Wildman–Crippen LogP) is 3.24. The zero-order valence-corrected chi connectivity index (χ0v) is 15.8. The molecule has 3 aromatic heterocycles. The Morgan fingerprint density at radius 1 is 1.10 bits per heavy atom. The number of para-hydroxylation sites is 1. The third-order valence-electron chi connectivity index (χ3n) is 3.94. The molecule has 3 heterocycles. The van der Waals surface area contributed by atoms with Gasteiger partial charge in [-0.15, -0.1) is 15.3 Å². The normalized spacial score (nSPS) is 10.9. The Labute approximate surface area is 170 Å². The van der Waals surface area contributed by atoms with E-state index in [1.54, 1.807) is 37.5 Å². The summed E-state index contributed by atoms with van der Waals surface area (Å²) in [7, 11) is 0. The van der Waals surface area contributed by atoms with E-state index in [-0.39, 0.29) is 34.8 Å². The summed E-state index contributed by atoms with van der Waals surface area (Å²) in [6, 6.07) is 12.7. The van der Waals surface area contributed by atoms with E-state index < -0.39 is 0 Å². The zero-order valence-electron chi connectivity index (χ0n) is 15.8. The number of azo groups is 1. The maximum absolute atomic E-state index is 10.7. The van der Waals surface area contributed by atoms with Crippen LogP contribution in [0, 0.1) is 11.3 Å². The van der Waals surface area contributed by atoms with E-state index in [0.29, 0.717) is 12.3 Å². The minimum atomic E-state index is -0.256. The SMILES string of the molecule is CCOc1nn(-c2ccccc2)c(O)c1N=Nc1c(C#N)cnn1-c1ncccn1. The van der Waals surface area contributed by atoms with Crippen molar-refractivity contribution in [2.75, 3.05) is 6.61 Å². The molecule has 0 radical (unpaired) electrons. The maximum atomic E-state index is 10.7. The number of hydrogen-bond donors (Lipinski definition) is 1. The average molecular weight is 401 g/mol. The van der Waals surface area contributed by atoms with Crippen molar-refractivity contribution < 1.29 is 9.84 Å². The Balaban J connectivity index is 1.79. The summed E-state index contributed by atoms with van der Waals surface area (Å²) < 4.78 is 8.08. The van der Waals surface area contributed by atoms with E-state index >= 15 is 0 Å². The lowest BCUT2D eigenvalue weighted by Gasteiger charge is -2.01. The molecule has 1 aromatic carbocycles. The van der Waals surface area contributed by atoms with Gasteiger partial charge in [-0.2, -0.15) is 19.7 Å². The molecule has 0 fully saturated rings. The van der Waals surface area contributed by atoms with Crippen LogP contribution in [0.2, 0.25) is 0 Å². The fourth-order valence-corrected chi connectivity index (χ4v) is 2.61. The topological polar surface area (TPSA) is 139 Å². The molecule has 1 N–H and O–H groups in total. The Hall–Kier alpha value is -4.59. The Morgan fingerprint density at radius 2 is 1.87 bits per heavy atom. The van der Waals surface area contributed by atoms with Crippen molar-refractivity contribution in [1.29, 1.82) is 5.26 Å². The van der Waals surface area contributed by atoms with Crippen molar-refractivity contribution in [3.63, 3.8) is 0 Å². The van der Waals surface area contributed by atoms with E-state index in [1.807, 2.05) is 24.3 Å². The summed E-state index contributed by atoms with van der Waals surface area (Å²) in [6.45, 7) is 2.10. The standard InChI is InChI=1S/C19H15N9O2/c1-2-30-17-15(18(29)27(26-17)14-7-4-3-5-8-14)24-25-16-13(11-20)12-23-28(16)19-21-9-6-10-22-19/h3-10,12,29H,2H2,1H3. The lowest BCUT2D eigenvalue weighted by Crippen LogP contribution is -2.01. The van der Waals surface area contributed by atoms with Gasteiger partial charge in [-0.3, -0.25) is 0 Å². The number of rotatable bonds is 6. The molecule has 0 spiro atoms. The van der Waals surface area contributed by atoms with E-state index in [0.717, 1.165) is 0 Å². The summed E-state index contributed by atoms with van der Waals surface area (Å²) in [5.74, 6) is 0.178. The van der Waals surface area contributed by atoms with Crippen molar-refractivity contribution >= 4 is 11.5 Å². The molecule has 11 nitrogen and oxygen atoms in total. The number of nitrogens with zero attached hydrogens (tertiary/aromatic N) is 9. The lowest BCUT2D eigenvalue weighted by atomic mass is 10.3. The summed E-state index contributed by atoms with van der Waals surface area (Å²) in [5.41, 5.74) is 0.809. The molecule has 0 atom stereocenters. The summed E-state index contributed by atoms with van der Waals surface area (Å²) in [6.07, 6.45) is 4.42. The minimum Gasteiger partial charge on any atom is -0.492 e. The van der Waals surface area contributed by atoms with Gasteiger partial charge in [-0.1, -0.05) is 18.2 Å². The van der Waals surface area contributed by atoms with Crippen LogP contribution in [0.25, 0.3) is 11.6 Å². The van der Waals surface area contributed by atoms with Gasteiger partial charge in [0, 0.05) is 12.4 Å². The molecule has 4 rings (SSSR count). The van der Waals surface area contributed by atoms with Crippen LogP contribution in [0.4, 0.5) is 11.5 Å². The lowest BCUT2D eigenvalue weighted by molar-refractivity contribution is 0.325. The first-order chi connectivity index (χ1) is 14.7. The van der Waals surface area contributed by atoms with Gasteiger partial charge < -0.3 is 9.84 Å². The Kier molecular flexibility index (Phi) is 5.12. The molecule has 0 amide bonds. The van der Waals surface area contributed by atoms with Crippen molar-refractivity contribution in [2.45, 2.75) is 6.92 Å². The van der Waals surface area contributed by atoms with E-state index in [2.05, 4.69) is 30.4 Å². The first-order valence-corrected chi connectivity index (χ1v) is 8.90. The molecule has 0 aliphatic rings. The van der Waals surface area contributed by atoms with Crippen molar-refractivity contribution in [2.24, 2.45) is 10.2 Å². The molecular weight excluding hydrogens is 386 g/mol. The number of nitriles is 1. The van der Waals surface area contributed by atoms with Gasteiger partial charge >= 0.3 is 0 Å². The first-order valence-electron chi connectivity index (χ1n) is 8.90. The van der Waals surface area contributed by atoms with Crippen LogP contribution >= 0.6 is 0 Å². The molecule has 0 bridgehead atoms. The minimum absolute atomic E-state index is 0.0197. The summed E-state index contributed by atoms with van der Waals surface area (Å²) in [5, 5.41) is 36.7. The zero-order chi connectivity index (χ0) is 20.9. The quantitative estimate of drug-likeness (QED) is 0.489. The Morgan fingerprint density at radius 3 is 2.57 bits per heavy atom. The van der Waals surface area contributed by atoms with Crippen molar-refractivity contribution in [1.82, 2.24) is 29.5 Å². The number of ether oxygens (including phenoxy) is 1. The molecule has 148 valence electrons. The van der Waals surface area contributed by atoms with Crippen molar-refractivity contribution in [3.8, 4) is 29.5 Å². The van der Waals surface area contributed by atoms with Crippen LogP contribution < -0.4 is 4.74 Å². The monoisotopic (exact) mass is 401 g/mol. The molecule has 0 aliphatic carbocycles. The van der Waals surface area contributed by atoms with Gasteiger partial charge in [0.05, 0.1) is 18.5 Å². The first kappa shape index (κ1) is 18.8. The van der Waals surface area contributed by atoms with Crippen LogP contribution in [0.5, 0.6) is 11.8 Å². The Bertz CT molecular complexity index is 1220. The van der Waals surface area contributed by atoms with Crippen molar-refractivity contribution in [3.05, 3.63) is 60.6 Å². The third-order valence-corrected chi connectivity index (χ3v) is 3.94. The maximum Gasteiger partial charge on any atom is 0.265 e. The fourth-order valence-electron chi connectivity index (χ4n) is 2.61. The van der Waals surface area contributed by atoms with Gasteiger partial charge in [0.1, 0.15) is 11.6 Å². The third kappa shape index (κ3) is 3.45. The van der Waals surface area contributed by atoms with E-state index in [4.69, 9.17) is 4.74 Å². The molecular formula is C19H15N9O2. The molecule has 11 heteroatoms. The summed E-state index contributed by atoms with van der Waals surface area (Å²) in [4.78, 5) is 8.22. The fraction of sp³-hybridized carbons (Fsp3) is 0.105. The van der Waals surface area contributed by atoms with Gasteiger partial charge in [0.25, 0.3) is 11.8 Å². The average Bonchev–Trinajstić information content (AvgIpc) is 3.34. The highest BCUT2D eigenvalue weighted by molar-refractivity contribution is 5.59. The molecule has 0 aliphatic heterocycles. The largest absolute Gasteiger partial charge is 0.492 e. The van der Waals surface area contributed by atoms with Crippen LogP contribution in [0.3, 0.4) is 0 Å². The summed E-state index contributed by atoms with van der Waals surface area (Å²) >= 11 is 0. The van der Waals surface area contributed by atoms with E-state index in [9.17, 15) is 10.4 Å². The molecule has 0 saturated carbocycles. The highest BCUT2D eigenvalue weighted by Crippen LogP contribution is 2.39. The predicted molar refractivity (Wildman–Crippen MR) is 104 cm³/mol. The van der Waals surface area contributed by atoms with Crippen LogP contribution in [0.15, 0.2) is 65.2 Å².